The van der Waals surface area contributed by atoms with E-state index in [1.807, 2.05) is 121 Å². The topological polar surface area (TPSA) is 64.5 Å². The highest BCUT2D eigenvalue weighted by Gasteiger charge is 2.14. The van der Waals surface area contributed by atoms with Crippen molar-refractivity contribution in [3.63, 3.8) is 0 Å². The van der Waals surface area contributed by atoms with Gasteiger partial charge in [-0.25, -0.2) is 19.3 Å². The van der Waals surface area contributed by atoms with Crippen LogP contribution in [0.25, 0.3) is 67.8 Å². The lowest BCUT2D eigenvalue weighted by atomic mass is 10.0. The van der Waals surface area contributed by atoms with Crippen LogP contribution in [0.15, 0.2) is 146 Å². The van der Waals surface area contributed by atoms with Gasteiger partial charge in [0, 0.05) is 22.9 Å². The number of hydrogen-bond donors (Lipinski definition) is 0. The van der Waals surface area contributed by atoms with Crippen molar-refractivity contribution in [3.05, 3.63) is 152 Å². The monoisotopic (exact) mass is 557 g/mol. The van der Waals surface area contributed by atoms with Crippen LogP contribution in [0.1, 0.15) is 0 Å². The molecule has 0 amide bonds. The Hall–Kier alpha value is -5.88. The van der Waals surface area contributed by atoms with Gasteiger partial charge in [-0.1, -0.05) is 91.0 Å². The molecule has 7 rings (SSSR count). The Kier molecular flexibility index (Phi) is 6.99. The Morgan fingerprint density at radius 3 is 1.35 bits per heavy atom. The Morgan fingerprint density at radius 1 is 0.349 bits per heavy atom. The average molecular weight is 558 g/mol. The van der Waals surface area contributed by atoms with Crippen molar-refractivity contribution >= 4 is 0 Å². The molecule has 0 spiro atoms. The Labute approximate surface area is 248 Å². The van der Waals surface area contributed by atoms with E-state index in [1.54, 1.807) is 12.3 Å². The Balaban J connectivity index is 1.31. The Bertz CT molecular complexity index is 1940. The first-order chi connectivity index (χ1) is 21.2. The molecule has 4 aromatic heterocycles. The fourth-order valence-corrected chi connectivity index (χ4v) is 4.89. The molecule has 3 aromatic carbocycles. The molecule has 0 bridgehead atoms. The van der Waals surface area contributed by atoms with Gasteiger partial charge in [-0.2, -0.15) is 0 Å². The minimum absolute atomic E-state index is 0.394. The van der Waals surface area contributed by atoms with E-state index in [1.165, 1.54) is 12.3 Å². The predicted octanol–water partition coefficient (Wildman–Crippen LogP) is 8.80. The van der Waals surface area contributed by atoms with Gasteiger partial charge in [0.05, 0.1) is 40.4 Å². The van der Waals surface area contributed by atoms with E-state index in [9.17, 15) is 4.39 Å². The molecule has 0 N–H and O–H groups in total. The van der Waals surface area contributed by atoms with Crippen LogP contribution < -0.4 is 0 Å². The number of hydrogen-bond acceptors (Lipinski definition) is 5. The summed E-state index contributed by atoms with van der Waals surface area (Å²) in [5.74, 6) is 0.191. The maximum Gasteiger partial charge on any atom is 0.161 e. The fraction of sp³-hybridized carbons (Fsp3) is 0. The standard InChI is InChI=1S/C37H24FN5/c38-30-17-19-32(40-24-30)36-21-29(25-10-4-1-5-11-25)20-35(41-36)31-18-16-28(23-39-31)37-42-33(26-12-6-2-7-13-26)22-34(43-37)27-14-8-3-9-15-27/h1-24H. The highest BCUT2D eigenvalue weighted by molar-refractivity contribution is 5.76. The molecule has 43 heavy (non-hydrogen) atoms. The zero-order valence-corrected chi connectivity index (χ0v) is 23.0. The third-order valence-corrected chi connectivity index (χ3v) is 7.07. The van der Waals surface area contributed by atoms with Crippen LogP contribution in [0.4, 0.5) is 4.39 Å². The molecular formula is C37H24FN5. The maximum absolute atomic E-state index is 13.6. The van der Waals surface area contributed by atoms with E-state index >= 15 is 0 Å². The highest BCUT2D eigenvalue weighted by atomic mass is 19.1. The largest absolute Gasteiger partial charge is 0.254 e. The van der Waals surface area contributed by atoms with Crippen molar-refractivity contribution in [1.82, 2.24) is 24.9 Å². The first kappa shape index (κ1) is 26.0. The second-order valence-electron chi connectivity index (χ2n) is 9.98. The summed E-state index contributed by atoms with van der Waals surface area (Å²) in [6.45, 7) is 0. The van der Waals surface area contributed by atoms with Gasteiger partial charge in [-0.05, 0) is 53.6 Å². The van der Waals surface area contributed by atoms with Crippen molar-refractivity contribution in [2.75, 3.05) is 0 Å². The van der Waals surface area contributed by atoms with E-state index in [0.717, 1.165) is 39.2 Å². The van der Waals surface area contributed by atoms with Gasteiger partial charge in [0.25, 0.3) is 0 Å². The molecule has 6 heteroatoms. The second-order valence-corrected chi connectivity index (χ2v) is 9.98. The molecule has 4 heterocycles. The minimum Gasteiger partial charge on any atom is -0.254 e. The molecule has 0 unspecified atom stereocenters. The second kappa shape index (κ2) is 11.5. The van der Waals surface area contributed by atoms with Gasteiger partial charge in [-0.15, -0.1) is 0 Å². The zero-order valence-electron chi connectivity index (χ0n) is 23.0. The van der Waals surface area contributed by atoms with Gasteiger partial charge in [-0.3, -0.25) is 9.97 Å². The molecular weight excluding hydrogens is 533 g/mol. The summed E-state index contributed by atoms with van der Waals surface area (Å²) in [6.07, 6.45) is 2.98. The van der Waals surface area contributed by atoms with E-state index in [4.69, 9.17) is 19.9 Å². The summed E-state index contributed by atoms with van der Waals surface area (Å²) >= 11 is 0. The lowest BCUT2D eigenvalue weighted by molar-refractivity contribution is 0.622. The molecule has 0 radical (unpaired) electrons. The molecule has 7 aromatic rings. The summed E-state index contributed by atoms with van der Waals surface area (Å²) in [5, 5.41) is 0. The zero-order chi connectivity index (χ0) is 29.0. The third kappa shape index (κ3) is 5.67. The number of benzene rings is 3. The number of rotatable bonds is 6. The van der Waals surface area contributed by atoms with Crippen LogP contribution in [0, 0.1) is 5.82 Å². The van der Waals surface area contributed by atoms with Gasteiger partial charge in [0.15, 0.2) is 5.82 Å². The molecule has 0 fully saturated rings. The molecule has 5 nitrogen and oxygen atoms in total. The number of aromatic nitrogens is 5. The van der Waals surface area contributed by atoms with E-state index in [2.05, 4.69) is 4.98 Å². The van der Waals surface area contributed by atoms with Crippen molar-refractivity contribution in [3.8, 4) is 67.8 Å². The van der Waals surface area contributed by atoms with E-state index in [0.29, 0.717) is 28.6 Å². The van der Waals surface area contributed by atoms with Gasteiger partial charge in [0.1, 0.15) is 5.82 Å². The summed E-state index contributed by atoms with van der Waals surface area (Å²) in [6, 6.07) is 43.1. The molecule has 0 saturated carbocycles. The summed E-state index contributed by atoms with van der Waals surface area (Å²) < 4.78 is 13.6. The highest BCUT2D eigenvalue weighted by Crippen LogP contribution is 2.31. The summed E-state index contributed by atoms with van der Waals surface area (Å²) in [4.78, 5) is 23.7. The molecule has 0 atom stereocenters. The lowest BCUT2D eigenvalue weighted by Gasteiger charge is -2.11. The SMILES string of the molecule is Fc1ccc(-c2cc(-c3ccccc3)cc(-c3ccc(-c4nc(-c5ccccc5)cc(-c5ccccc5)n4)cn3)n2)nc1. The first-order valence-electron chi connectivity index (χ1n) is 13.9. The molecule has 204 valence electrons. The molecule has 0 saturated heterocycles. The van der Waals surface area contributed by atoms with Crippen LogP contribution in [0.3, 0.4) is 0 Å². The van der Waals surface area contributed by atoms with Gasteiger partial charge < -0.3 is 0 Å². The van der Waals surface area contributed by atoms with Crippen molar-refractivity contribution in [1.29, 1.82) is 0 Å². The fourth-order valence-electron chi connectivity index (χ4n) is 4.89. The smallest absolute Gasteiger partial charge is 0.161 e. The van der Waals surface area contributed by atoms with Crippen molar-refractivity contribution < 1.29 is 4.39 Å². The first-order valence-corrected chi connectivity index (χ1v) is 13.9. The molecule has 0 aliphatic heterocycles. The third-order valence-electron chi connectivity index (χ3n) is 7.07. The van der Waals surface area contributed by atoms with Crippen molar-refractivity contribution in [2.24, 2.45) is 0 Å². The summed E-state index contributed by atoms with van der Waals surface area (Å²) in [5.41, 5.74) is 9.06. The van der Waals surface area contributed by atoms with Gasteiger partial charge >= 0.3 is 0 Å². The Morgan fingerprint density at radius 2 is 0.860 bits per heavy atom. The van der Waals surface area contributed by atoms with Crippen LogP contribution in [-0.4, -0.2) is 24.9 Å². The van der Waals surface area contributed by atoms with Crippen LogP contribution in [0.2, 0.25) is 0 Å². The average Bonchev–Trinajstić information content (AvgIpc) is 3.09. The van der Waals surface area contributed by atoms with E-state index < -0.39 is 5.82 Å². The molecule has 0 aliphatic rings. The van der Waals surface area contributed by atoms with Gasteiger partial charge in [0.2, 0.25) is 0 Å². The molecule has 0 aliphatic carbocycles. The minimum atomic E-state index is -0.394. The predicted molar refractivity (Wildman–Crippen MR) is 168 cm³/mol. The van der Waals surface area contributed by atoms with Crippen LogP contribution >= 0.6 is 0 Å². The van der Waals surface area contributed by atoms with Crippen LogP contribution in [-0.2, 0) is 0 Å². The van der Waals surface area contributed by atoms with E-state index in [-0.39, 0.29) is 0 Å². The maximum atomic E-state index is 13.6. The number of halogens is 1. The van der Waals surface area contributed by atoms with Crippen LogP contribution in [0.5, 0.6) is 0 Å². The normalized spacial score (nSPS) is 10.9. The summed E-state index contributed by atoms with van der Waals surface area (Å²) in [7, 11) is 0. The quantitative estimate of drug-likeness (QED) is 0.204. The number of pyridine rings is 3. The number of nitrogens with zero attached hydrogens (tertiary/aromatic N) is 5. The van der Waals surface area contributed by atoms with Crippen molar-refractivity contribution in [2.45, 2.75) is 0 Å². The lowest BCUT2D eigenvalue weighted by Crippen LogP contribution is -1.97.